The molecule has 0 amide bonds. The van der Waals surface area contributed by atoms with Crippen molar-refractivity contribution in [2.75, 3.05) is 13.2 Å². The average molecular weight is 391 g/mol. The molecule has 0 aliphatic carbocycles. The molecule has 6 nitrogen and oxygen atoms in total. The third kappa shape index (κ3) is 5.17. The van der Waals surface area contributed by atoms with Gasteiger partial charge in [0.25, 0.3) is 0 Å². The van der Waals surface area contributed by atoms with E-state index in [0.29, 0.717) is 0 Å². The Balaban J connectivity index is 0. The molecule has 0 aromatic carbocycles. The summed E-state index contributed by atoms with van der Waals surface area (Å²) in [5.74, 6) is 0. The molecule has 0 fully saturated rings. The first-order valence-corrected chi connectivity index (χ1v) is 3.48. The molecular formula is C6H14BiO6. The van der Waals surface area contributed by atoms with Gasteiger partial charge in [-0.3, -0.25) is 0 Å². The van der Waals surface area contributed by atoms with Crippen molar-refractivity contribution in [2.24, 2.45) is 0 Å². The molecule has 0 aliphatic heterocycles. The van der Waals surface area contributed by atoms with Gasteiger partial charge in [-0.25, -0.2) is 0 Å². The zero-order valence-corrected chi connectivity index (χ0v) is 10.3. The minimum Gasteiger partial charge on any atom is -0.394 e. The fraction of sp³-hybridized carbons (Fsp3) is 1.00. The molecule has 13 heavy (non-hydrogen) atoms. The standard InChI is InChI=1S/C6H14O6.Bi/c7-1-3(9)5(11)6(12)4(10)2-8;/h3-12H,1-2H2;/t3-,4+,5-,6-;/m1./s1. The van der Waals surface area contributed by atoms with E-state index in [1.165, 1.54) is 0 Å². The first kappa shape index (κ1) is 16.1. The van der Waals surface area contributed by atoms with Gasteiger partial charge < -0.3 is 30.6 Å². The monoisotopic (exact) mass is 391 g/mol. The van der Waals surface area contributed by atoms with Crippen LogP contribution >= 0.6 is 0 Å². The second-order valence-electron chi connectivity index (χ2n) is 2.48. The van der Waals surface area contributed by atoms with Crippen molar-refractivity contribution < 1.29 is 30.6 Å². The molecule has 7 heteroatoms. The summed E-state index contributed by atoms with van der Waals surface area (Å²) in [7, 11) is 0. The van der Waals surface area contributed by atoms with E-state index in [0.717, 1.165) is 0 Å². The molecular weight excluding hydrogens is 377 g/mol. The molecule has 4 atom stereocenters. The quantitative estimate of drug-likeness (QED) is 0.266. The average Bonchev–Trinajstić information content (AvgIpc) is 2.12. The summed E-state index contributed by atoms with van der Waals surface area (Å²) in [5.41, 5.74) is 0. The van der Waals surface area contributed by atoms with Crippen molar-refractivity contribution >= 4 is 26.2 Å². The van der Waals surface area contributed by atoms with Crippen LogP contribution in [-0.4, -0.2) is 94.5 Å². The zero-order valence-electron chi connectivity index (χ0n) is 6.85. The molecule has 0 rings (SSSR count). The van der Waals surface area contributed by atoms with Crippen LogP contribution < -0.4 is 0 Å². The summed E-state index contributed by atoms with van der Waals surface area (Å²) in [6, 6.07) is 0. The third-order valence-corrected chi connectivity index (χ3v) is 1.51. The largest absolute Gasteiger partial charge is 0.394 e. The molecule has 0 aromatic rings. The van der Waals surface area contributed by atoms with E-state index in [4.69, 9.17) is 30.6 Å². The predicted octanol–water partition coefficient (Wildman–Crippen LogP) is -3.97. The predicted molar refractivity (Wildman–Crippen MR) is 44.0 cm³/mol. The van der Waals surface area contributed by atoms with Crippen LogP contribution in [0.15, 0.2) is 0 Å². The van der Waals surface area contributed by atoms with Crippen molar-refractivity contribution in [1.29, 1.82) is 0 Å². The zero-order chi connectivity index (χ0) is 9.72. The topological polar surface area (TPSA) is 121 Å². The van der Waals surface area contributed by atoms with E-state index in [1.807, 2.05) is 0 Å². The van der Waals surface area contributed by atoms with Crippen LogP contribution in [0.2, 0.25) is 0 Å². The van der Waals surface area contributed by atoms with Crippen LogP contribution in [0, 0.1) is 0 Å². The molecule has 79 valence electrons. The van der Waals surface area contributed by atoms with Crippen LogP contribution in [0.25, 0.3) is 0 Å². The minimum atomic E-state index is -1.67. The maximum atomic E-state index is 8.96. The van der Waals surface area contributed by atoms with Gasteiger partial charge in [0.05, 0.1) is 13.2 Å². The van der Waals surface area contributed by atoms with E-state index in [2.05, 4.69) is 0 Å². The van der Waals surface area contributed by atoms with Gasteiger partial charge >= 0.3 is 0 Å². The molecule has 0 unspecified atom stereocenters. The maximum absolute atomic E-state index is 8.96. The fourth-order valence-electron chi connectivity index (χ4n) is 0.671. The van der Waals surface area contributed by atoms with Gasteiger partial charge in [-0.1, -0.05) is 0 Å². The van der Waals surface area contributed by atoms with Gasteiger partial charge in [-0.15, -0.1) is 0 Å². The van der Waals surface area contributed by atoms with Gasteiger partial charge in [0.2, 0.25) is 0 Å². The Kier molecular flexibility index (Phi) is 9.89. The van der Waals surface area contributed by atoms with E-state index < -0.39 is 37.6 Å². The number of hydrogen-bond donors (Lipinski definition) is 6. The fourth-order valence-corrected chi connectivity index (χ4v) is 0.671. The Labute approximate surface area is 94.6 Å². The van der Waals surface area contributed by atoms with Crippen LogP contribution in [0.4, 0.5) is 0 Å². The molecule has 3 radical (unpaired) electrons. The smallest absolute Gasteiger partial charge is 0.111 e. The summed E-state index contributed by atoms with van der Waals surface area (Å²) in [6.07, 6.45) is -6.39. The molecule has 0 saturated heterocycles. The Morgan fingerprint density at radius 3 is 1.08 bits per heavy atom. The summed E-state index contributed by atoms with van der Waals surface area (Å²) in [6.45, 7) is -1.45. The first-order chi connectivity index (χ1) is 5.54. The van der Waals surface area contributed by atoms with Crippen molar-refractivity contribution in [2.45, 2.75) is 24.4 Å². The molecule has 0 aliphatic rings. The second kappa shape index (κ2) is 7.99. The molecule has 0 saturated carbocycles. The van der Waals surface area contributed by atoms with E-state index in [9.17, 15) is 0 Å². The molecule has 0 aromatic heterocycles. The van der Waals surface area contributed by atoms with E-state index >= 15 is 0 Å². The van der Waals surface area contributed by atoms with Gasteiger partial charge in [0, 0.05) is 26.2 Å². The van der Waals surface area contributed by atoms with Crippen molar-refractivity contribution in [3.8, 4) is 0 Å². The first-order valence-electron chi connectivity index (χ1n) is 3.48. The second-order valence-corrected chi connectivity index (χ2v) is 2.48. The number of rotatable bonds is 5. The Morgan fingerprint density at radius 2 is 0.923 bits per heavy atom. The summed E-state index contributed by atoms with van der Waals surface area (Å²) >= 11 is 0. The van der Waals surface area contributed by atoms with Crippen molar-refractivity contribution in [3.63, 3.8) is 0 Å². The molecule has 0 spiro atoms. The van der Waals surface area contributed by atoms with Crippen LogP contribution in [0.5, 0.6) is 0 Å². The van der Waals surface area contributed by atoms with E-state index in [1.54, 1.807) is 0 Å². The number of aliphatic hydroxyl groups excluding tert-OH is 6. The Bertz CT molecular complexity index is 110. The number of aliphatic hydroxyl groups is 6. The van der Waals surface area contributed by atoms with Gasteiger partial charge in [0.1, 0.15) is 24.4 Å². The molecule has 0 heterocycles. The normalized spacial score (nSPS) is 19.8. The maximum Gasteiger partial charge on any atom is 0.111 e. The van der Waals surface area contributed by atoms with Crippen LogP contribution in [0.1, 0.15) is 0 Å². The van der Waals surface area contributed by atoms with Crippen LogP contribution in [0.3, 0.4) is 0 Å². The Hall–Kier alpha value is 0.643. The van der Waals surface area contributed by atoms with Crippen molar-refractivity contribution in [3.05, 3.63) is 0 Å². The minimum absolute atomic E-state index is 0. The van der Waals surface area contributed by atoms with Gasteiger partial charge in [0.15, 0.2) is 0 Å². The molecule has 0 bridgehead atoms. The van der Waals surface area contributed by atoms with Gasteiger partial charge in [-0.2, -0.15) is 0 Å². The third-order valence-electron chi connectivity index (χ3n) is 1.51. The summed E-state index contributed by atoms with van der Waals surface area (Å²) in [5, 5.41) is 52.2. The van der Waals surface area contributed by atoms with E-state index in [-0.39, 0.29) is 26.2 Å². The summed E-state index contributed by atoms with van der Waals surface area (Å²) < 4.78 is 0. The van der Waals surface area contributed by atoms with Crippen LogP contribution in [-0.2, 0) is 0 Å². The number of hydrogen-bond acceptors (Lipinski definition) is 6. The Morgan fingerprint density at radius 1 is 0.692 bits per heavy atom. The summed E-state index contributed by atoms with van der Waals surface area (Å²) in [4.78, 5) is 0. The van der Waals surface area contributed by atoms with Gasteiger partial charge in [-0.05, 0) is 0 Å². The van der Waals surface area contributed by atoms with Crippen molar-refractivity contribution in [1.82, 2.24) is 0 Å². The molecule has 6 N–H and O–H groups in total. The SMILES string of the molecule is OC[C@@H](O)[C@@H](O)[C@H](O)[C@@H](O)CO.[Bi].